The van der Waals surface area contributed by atoms with Crippen LogP contribution in [-0.4, -0.2) is 61.7 Å². The van der Waals surface area contributed by atoms with Crippen LogP contribution in [0.2, 0.25) is 0 Å². The van der Waals surface area contributed by atoms with Crippen molar-refractivity contribution in [2.75, 3.05) is 31.1 Å². The third-order valence-corrected chi connectivity index (χ3v) is 7.21. The molecule has 2 aromatic carbocycles. The molecule has 6 rings (SSSR count). The zero-order chi connectivity index (χ0) is 29.1. The lowest BCUT2D eigenvalue weighted by Crippen LogP contribution is -2.46. The van der Waals surface area contributed by atoms with Gasteiger partial charge in [-0.05, 0) is 36.4 Å². The Labute approximate surface area is 240 Å². The van der Waals surface area contributed by atoms with Gasteiger partial charge in [0.15, 0.2) is 0 Å². The number of nitrogens with zero attached hydrogens (tertiary/aromatic N) is 7. The van der Waals surface area contributed by atoms with E-state index in [9.17, 15) is 14.3 Å². The number of imidazole rings is 1. The number of aromatic nitrogens is 4. The Balaban J connectivity index is 1.12. The molecule has 3 aromatic heterocycles. The van der Waals surface area contributed by atoms with Crippen LogP contribution in [0, 0.1) is 17.1 Å². The van der Waals surface area contributed by atoms with Gasteiger partial charge in [-0.1, -0.05) is 6.07 Å². The average molecular weight is 568 g/mol. The summed E-state index contributed by atoms with van der Waals surface area (Å²) in [6.07, 6.45) is 4.76. The number of fused-ring (bicyclic) bond motifs is 1. The van der Waals surface area contributed by atoms with E-state index in [0.29, 0.717) is 41.3 Å². The van der Waals surface area contributed by atoms with E-state index in [-0.39, 0.29) is 17.7 Å². The minimum Gasteiger partial charge on any atom is -0.489 e. The second kappa shape index (κ2) is 11.7. The van der Waals surface area contributed by atoms with Crippen molar-refractivity contribution in [2.45, 2.75) is 19.7 Å². The van der Waals surface area contributed by atoms with Gasteiger partial charge in [0.1, 0.15) is 42.6 Å². The van der Waals surface area contributed by atoms with Gasteiger partial charge >= 0.3 is 5.97 Å². The smallest absolute Gasteiger partial charge is 0.335 e. The lowest BCUT2D eigenvalue weighted by atomic mass is 10.1. The van der Waals surface area contributed by atoms with Gasteiger partial charge in [-0.25, -0.2) is 24.1 Å². The Hall–Kier alpha value is -5.28. The van der Waals surface area contributed by atoms with Crippen LogP contribution in [0.4, 0.5) is 10.2 Å². The number of aromatic carboxylic acids is 1. The SMILES string of the molecule is N#Cc1ccc(COc2ccnc(N3CCN(Cc4nc5ccc(C(=O)O)cc5n4Cc4ncco4)CC3)c2)c(F)c1. The van der Waals surface area contributed by atoms with Gasteiger partial charge in [-0.2, -0.15) is 5.26 Å². The number of nitriles is 1. The molecule has 0 atom stereocenters. The molecule has 0 unspecified atom stereocenters. The van der Waals surface area contributed by atoms with Gasteiger partial charge in [0.25, 0.3) is 0 Å². The number of ether oxygens (including phenoxy) is 1. The third-order valence-electron chi connectivity index (χ3n) is 7.21. The van der Waals surface area contributed by atoms with Crippen LogP contribution in [0.5, 0.6) is 5.75 Å². The molecule has 0 saturated carbocycles. The number of carboxylic acid groups (broad SMARTS) is 1. The maximum Gasteiger partial charge on any atom is 0.335 e. The van der Waals surface area contributed by atoms with Crippen molar-refractivity contribution in [3.63, 3.8) is 0 Å². The van der Waals surface area contributed by atoms with Crippen LogP contribution in [0.1, 0.15) is 33.2 Å². The number of piperazine rings is 1. The second-order valence-corrected chi connectivity index (χ2v) is 9.87. The Morgan fingerprint density at radius 1 is 1.05 bits per heavy atom. The van der Waals surface area contributed by atoms with Gasteiger partial charge < -0.3 is 23.7 Å². The highest BCUT2D eigenvalue weighted by molar-refractivity contribution is 5.92. The Morgan fingerprint density at radius 3 is 2.64 bits per heavy atom. The number of hydrogen-bond donors (Lipinski definition) is 1. The van der Waals surface area contributed by atoms with E-state index >= 15 is 0 Å². The zero-order valence-electron chi connectivity index (χ0n) is 22.5. The van der Waals surface area contributed by atoms with Crippen molar-refractivity contribution < 1.29 is 23.4 Å². The molecule has 0 amide bonds. The van der Waals surface area contributed by atoms with E-state index in [1.165, 1.54) is 12.3 Å². The standard InChI is InChI=1S/C30H26FN7O4/c31-24-13-20(16-32)1-2-22(24)19-42-23-5-6-33-27(15-23)37-10-8-36(9-11-37)17-28-35-25-4-3-21(30(39)40)14-26(25)38(28)18-29-34-7-12-41-29/h1-7,12-15H,8-11,17-19H2,(H,39,40). The topological polar surface area (TPSA) is 134 Å². The fraction of sp³-hybridized carbons (Fsp3) is 0.233. The summed E-state index contributed by atoms with van der Waals surface area (Å²) >= 11 is 0. The van der Waals surface area contributed by atoms with Gasteiger partial charge in [0.2, 0.25) is 5.89 Å². The largest absolute Gasteiger partial charge is 0.489 e. The van der Waals surface area contributed by atoms with Crippen LogP contribution >= 0.6 is 0 Å². The van der Waals surface area contributed by atoms with E-state index in [2.05, 4.69) is 19.8 Å². The van der Waals surface area contributed by atoms with E-state index in [1.807, 2.05) is 16.7 Å². The second-order valence-electron chi connectivity index (χ2n) is 9.87. The minimum atomic E-state index is -0.997. The number of carbonyl (C=O) groups is 1. The molecule has 1 saturated heterocycles. The van der Waals surface area contributed by atoms with Gasteiger partial charge in [0.05, 0.1) is 41.0 Å². The average Bonchev–Trinajstić information content (AvgIpc) is 3.65. The van der Waals surface area contributed by atoms with E-state index < -0.39 is 11.8 Å². The first-order chi connectivity index (χ1) is 20.5. The van der Waals surface area contributed by atoms with Crippen molar-refractivity contribution in [1.82, 2.24) is 24.4 Å². The third kappa shape index (κ3) is 5.77. The highest BCUT2D eigenvalue weighted by Crippen LogP contribution is 2.24. The highest BCUT2D eigenvalue weighted by atomic mass is 19.1. The van der Waals surface area contributed by atoms with E-state index in [1.54, 1.807) is 48.8 Å². The maximum atomic E-state index is 14.2. The monoisotopic (exact) mass is 567 g/mol. The summed E-state index contributed by atoms with van der Waals surface area (Å²) in [5, 5.41) is 18.4. The number of rotatable bonds is 9. The molecule has 1 N–H and O–H groups in total. The molecule has 0 spiro atoms. The number of carboxylic acids is 1. The molecular weight excluding hydrogens is 541 g/mol. The number of benzene rings is 2. The van der Waals surface area contributed by atoms with Crippen LogP contribution in [0.25, 0.3) is 11.0 Å². The van der Waals surface area contributed by atoms with Crippen molar-refractivity contribution in [1.29, 1.82) is 5.26 Å². The highest BCUT2D eigenvalue weighted by Gasteiger charge is 2.22. The number of hydrogen-bond acceptors (Lipinski definition) is 9. The Morgan fingerprint density at radius 2 is 1.90 bits per heavy atom. The Kier molecular flexibility index (Phi) is 7.49. The summed E-state index contributed by atoms with van der Waals surface area (Å²) in [7, 11) is 0. The summed E-state index contributed by atoms with van der Waals surface area (Å²) in [6.45, 7) is 3.91. The predicted octanol–water partition coefficient (Wildman–Crippen LogP) is 4.08. The van der Waals surface area contributed by atoms with Crippen LogP contribution < -0.4 is 9.64 Å². The predicted molar refractivity (Wildman–Crippen MR) is 149 cm³/mol. The van der Waals surface area contributed by atoms with Crippen LogP contribution in [0.15, 0.2) is 71.6 Å². The molecule has 11 nitrogen and oxygen atoms in total. The molecule has 4 heterocycles. The molecule has 1 aliphatic heterocycles. The normalized spacial score (nSPS) is 13.8. The van der Waals surface area contributed by atoms with Gasteiger partial charge in [0, 0.05) is 44.0 Å². The minimum absolute atomic E-state index is 0.0389. The first-order valence-electron chi connectivity index (χ1n) is 13.3. The van der Waals surface area contributed by atoms with Gasteiger partial charge in [-0.3, -0.25) is 4.90 Å². The fourth-order valence-electron chi connectivity index (χ4n) is 4.96. The van der Waals surface area contributed by atoms with Crippen LogP contribution in [0.3, 0.4) is 0 Å². The van der Waals surface area contributed by atoms with Gasteiger partial charge in [-0.15, -0.1) is 0 Å². The van der Waals surface area contributed by atoms with Crippen molar-refractivity contribution in [2.24, 2.45) is 0 Å². The maximum absolute atomic E-state index is 14.2. The summed E-state index contributed by atoms with van der Waals surface area (Å²) in [6, 6.07) is 14.7. The Bertz CT molecular complexity index is 1770. The molecule has 1 fully saturated rings. The summed E-state index contributed by atoms with van der Waals surface area (Å²) in [5.74, 6) is 1.18. The molecule has 0 aliphatic carbocycles. The molecule has 1 aliphatic rings. The number of oxazole rings is 1. The fourth-order valence-corrected chi connectivity index (χ4v) is 4.96. The molecule has 0 bridgehead atoms. The van der Waals surface area contributed by atoms with Crippen molar-refractivity contribution in [3.8, 4) is 11.8 Å². The zero-order valence-corrected chi connectivity index (χ0v) is 22.5. The number of pyridine rings is 1. The molecule has 42 heavy (non-hydrogen) atoms. The lowest BCUT2D eigenvalue weighted by Gasteiger charge is -2.35. The molecule has 212 valence electrons. The first-order valence-corrected chi connectivity index (χ1v) is 13.3. The molecule has 0 radical (unpaired) electrons. The number of halogens is 1. The van der Waals surface area contributed by atoms with Crippen molar-refractivity contribution >= 4 is 22.8 Å². The van der Waals surface area contributed by atoms with Crippen molar-refractivity contribution in [3.05, 3.63) is 101 Å². The quantitative estimate of drug-likeness (QED) is 0.278. The summed E-state index contributed by atoms with van der Waals surface area (Å²) < 4.78 is 27.5. The van der Waals surface area contributed by atoms with Crippen LogP contribution in [-0.2, 0) is 19.7 Å². The molecular formula is C30H26FN7O4. The molecule has 12 heteroatoms. The lowest BCUT2D eigenvalue weighted by molar-refractivity contribution is 0.0697. The summed E-state index contributed by atoms with van der Waals surface area (Å²) in [5.41, 5.74) is 2.25. The number of anilines is 1. The van der Waals surface area contributed by atoms with E-state index in [4.69, 9.17) is 19.4 Å². The molecule has 5 aromatic rings. The first kappa shape index (κ1) is 26.9. The van der Waals surface area contributed by atoms with E-state index in [0.717, 1.165) is 37.8 Å². The summed E-state index contributed by atoms with van der Waals surface area (Å²) in [4.78, 5) is 29.6.